The van der Waals surface area contributed by atoms with Crippen LogP contribution in [0.1, 0.15) is 23.3 Å². The molecular formula is C12H17N3O2. The van der Waals surface area contributed by atoms with Crippen molar-refractivity contribution in [2.24, 2.45) is 0 Å². The van der Waals surface area contributed by atoms with Gasteiger partial charge in [0.05, 0.1) is 6.61 Å². The lowest BCUT2D eigenvalue weighted by molar-refractivity contribution is 0.0932. The molecular weight excluding hydrogens is 218 g/mol. The maximum atomic E-state index is 11.7. The largest absolute Gasteiger partial charge is 0.383 e. The molecule has 0 unspecified atom stereocenters. The number of methoxy groups -OCH3 is 1. The van der Waals surface area contributed by atoms with Crippen molar-refractivity contribution in [1.82, 2.24) is 10.3 Å². The lowest BCUT2D eigenvalue weighted by Gasteiger charge is -2.06. The number of pyridine rings is 1. The number of rotatable bonds is 6. The first-order valence-electron chi connectivity index (χ1n) is 5.80. The summed E-state index contributed by atoms with van der Waals surface area (Å²) in [7, 11) is 1.60. The molecule has 1 aromatic rings. The molecule has 17 heavy (non-hydrogen) atoms. The van der Waals surface area contributed by atoms with Crippen molar-refractivity contribution in [3.05, 3.63) is 23.9 Å². The summed E-state index contributed by atoms with van der Waals surface area (Å²) in [6, 6.07) is 5.96. The molecule has 1 fully saturated rings. The van der Waals surface area contributed by atoms with Gasteiger partial charge in [-0.2, -0.15) is 0 Å². The van der Waals surface area contributed by atoms with Crippen molar-refractivity contribution < 1.29 is 9.53 Å². The highest BCUT2D eigenvalue weighted by Crippen LogP contribution is 2.23. The van der Waals surface area contributed by atoms with Crippen LogP contribution < -0.4 is 10.6 Å². The van der Waals surface area contributed by atoms with Crippen LogP contribution in [-0.2, 0) is 4.74 Å². The van der Waals surface area contributed by atoms with Crippen molar-refractivity contribution in [3.8, 4) is 0 Å². The predicted octanol–water partition coefficient (Wildman–Crippen LogP) is 1.03. The van der Waals surface area contributed by atoms with Crippen LogP contribution in [0.25, 0.3) is 0 Å². The standard InChI is InChI=1S/C12H17N3O2/c1-17-8-7-13-12(16)10-3-2-4-11(15-10)14-9-5-6-9/h2-4,9H,5-8H2,1H3,(H,13,16)(H,14,15). The lowest BCUT2D eigenvalue weighted by atomic mass is 10.3. The van der Waals surface area contributed by atoms with E-state index < -0.39 is 0 Å². The molecule has 2 rings (SSSR count). The molecule has 1 aliphatic carbocycles. The minimum atomic E-state index is -0.165. The molecule has 1 amide bonds. The van der Waals surface area contributed by atoms with Crippen LogP contribution in [0, 0.1) is 0 Å². The van der Waals surface area contributed by atoms with E-state index in [0.717, 1.165) is 5.82 Å². The normalized spacial score (nSPS) is 14.4. The Balaban J connectivity index is 1.91. The van der Waals surface area contributed by atoms with Crippen LogP contribution >= 0.6 is 0 Å². The number of hydrogen-bond donors (Lipinski definition) is 2. The molecule has 2 N–H and O–H groups in total. The number of anilines is 1. The Morgan fingerprint density at radius 2 is 2.35 bits per heavy atom. The summed E-state index contributed by atoms with van der Waals surface area (Å²) in [5, 5.41) is 6.00. The second-order valence-corrected chi connectivity index (χ2v) is 4.08. The first-order chi connectivity index (χ1) is 8.29. The molecule has 0 aliphatic heterocycles. The zero-order valence-corrected chi connectivity index (χ0v) is 9.90. The number of carbonyl (C=O) groups excluding carboxylic acids is 1. The van der Waals surface area contributed by atoms with Crippen molar-refractivity contribution in [3.63, 3.8) is 0 Å². The summed E-state index contributed by atoms with van der Waals surface area (Å²) in [5.41, 5.74) is 0.437. The maximum Gasteiger partial charge on any atom is 0.270 e. The number of carbonyl (C=O) groups is 1. The van der Waals surface area contributed by atoms with Crippen molar-refractivity contribution in [2.45, 2.75) is 18.9 Å². The van der Waals surface area contributed by atoms with Gasteiger partial charge in [-0.15, -0.1) is 0 Å². The molecule has 1 heterocycles. The van der Waals surface area contributed by atoms with Gasteiger partial charge in [0.1, 0.15) is 11.5 Å². The first-order valence-corrected chi connectivity index (χ1v) is 5.80. The smallest absolute Gasteiger partial charge is 0.270 e. The molecule has 0 bridgehead atoms. The summed E-state index contributed by atoms with van der Waals surface area (Å²) in [4.78, 5) is 16.0. The second-order valence-electron chi connectivity index (χ2n) is 4.08. The maximum absolute atomic E-state index is 11.7. The summed E-state index contributed by atoms with van der Waals surface area (Å²) in [5.74, 6) is 0.605. The van der Waals surface area contributed by atoms with E-state index in [-0.39, 0.29) is 5.91 Å². The predicted molar refractivity (Wildman–Crippen MR) is 65.1 cm³/mol. The molecule has 0 atom stereocenters. The minimum Gasteiger partial charge on any atom is -0.383 e. The summed E-state index contributed by atoms with van der Waals surface area (Å²) < 4.78 is 4.87. The third-order valence-corrected chi connectivity index (χ3v) is 2.50. The van der Waals surface area contributed by atoms with Gasteiger partial charge in [0, 0.05) is 19.7 Å². The molecule has 5 nitrogen and oxygen atoms in total. The fourth-order valence-corrected chi connectivity index (χ4v) is 1.44. The van der Waals surface area contributed by atoms with Crippen LogP contribution in [0.2, 0.25) is 0 Å². The molecule has 0 saturated heterocycles. The van der Waals surface area contributed by atoms with Crippen molar-refractivity contribution in [1.29, 1.82) is 0 Å². The van der Waals surface area contributed by atoms with Gasteiger partial charge in [-0.1, -0.05) is 6.07 Å². The number of ether oxygens (including phenoxy) is 1. The summed E-state index contributed by atoms with van der Waals surface area (Å²) in [6.45, 7) is 1.00. The average molecular weight is 235 g/mol. The average Bonchev–Trinajstić information content (AvgIpc) is 3.13. The van der Waals surface area contributed by atoms with Gasteiger partial charge >= 0.3 is 0 Å². The van der Waals surface area contributed by atoms with Gasteiger partial charge in [-0.3, -0.25) is 4.79 Å². The van der Waals surface area contributed by atoms with E-state index in [1.807, 2.05) is 12.1 Å². The third kappa shape index (κ3) is 3.71. The molecule has 1 aliphatic rings. The fraction of sp³-hybridized carbons (Fsp3) is 0.500. The Hall–Kier alpha value is -1.62. The number of amides is 1. The molecule has 0 spiro atoms. The van der Waals surface area contributed by atoms with E-state index >= 15 is 0 Å². The van der Waals surface area contributed by atoms with Gasteiger partial charge in [0.15, 0.2) is 0 Å². The number of nitrogens with one attached hydrogen (secondary N) is 2. The molecule has 0 radical (unpaired) electrons. The van der Waals surface area contributed by atoms with E-state index in [2.05, 4.69) is 15.6 Å². The van der Waals surface area contributed by atoms with Crippen molar-refractivity contribution in [2.75, 3.05) is 25.6 Å². The molecule has 0 aromatic carbocycles. The van der Waals surface area contributed by atoms with Gasteiger partial charge in [0.2, 0.25) is 0 Å². The summed E-state index contributed by atoms with van der Waals surface area (Å²) in [6.07, 6.45) is 2.37. The fourth-order valence-electron chi connectivity index (χ4n) is 1.44. The van der Waals surface area contributed by atoms with Gasteiger partial charge in [0.25, 0.3) is 5.91 Å². The van der Waals surface area contributed by atoms with Crippen molar-refractivity contribution >= 4 is 11.7 Å². The lowest BCUT2D eigenvalue weighted by Crippen LogP contribution is -2.27. The Labute approximate surface area is 101 Å². The van der Waals surface area contributed by atoms with Gasteiger partial charge in [-0.05, 0) is 25.0 Å². The monoisotopic (exact) mass is 235 g/mol. The molecule has 1 aromatic heterocycles. The minimum absolute atomic E-state index is 0.165. The van der Waals surface area contributed by atoms with E-state index in [1.165, 1.54) is 12.8 Å². The van der Waals surface area contributed by atoms with Gasteiger partial charge in [-0.25, -0.2) is 4.98 Å². The molecule has 1 saturated carbocycles. The SMILES string of the molecule is COCCNC(=O)c1cccc(NC2CC2)n1. The van der Waals surface area contributed by atoms with Crippen LogP contribution in [0.5, 0.6) is 0 Å². The quantitative estimate of drug-likeness (QED) is 0.723. The number of hydrogen-bond acceptors (Lipinski definition) is 4. The van der Waals surface area contributed by atoms with Crippen LogP contribution in [0.4, 0.5) is 5.82 Å². The van der Waals surface area contributed by atoms with E-state index in [0.29, 0.717) is 24.9 Å². The topological polar surface area (TPSA) is 63.2 Å². The van der Waals surface area contributed by atoms with E-state index in [1.54, 1.807) is 13.2 Å². The van der Waals surface area contributed by atoms with Crippen LogP contribution in [-0.4, -0.2) is 37.2 Å². The molecule has 92 valence electrons. The zero-order valence-electron chi connectivity index (χ0n) is 9.90. The third-order valence-electron chi connectivity index (χ3n) is 2.50. The number of aromatic nitrogens is 1. The second kappa shape index (κ2) is 5.63. The van der Waals surface area contributed by atoms with Crippen LogP contribution in [0.15, 0.2) is 18.2 Å². The first kappa shape index (κ1) is 11.9. The van der Waals surface area contributed by atoms with Gasteiger partial charge < -0.3 is 15.4 Å². The molecule has 5 heteroatoms. The Kier molecular flexibility index (Phi) is 3.93. The van der Waals surface area contributed by atoms with E-state index in [4.69, 9.17) is 4.74 Å². The zero-order chi connectivity index (χ0) is 12.1. The Morgan fingerprint density at radius 1 is 1.53 bits per heavy atom. The highest BCUT2D eigenvalue weighted by atomic mass is 16.5. The Morgan fingerprint density at radius 3 is 3.06 bits per heavy atom. The highest BCUT2D eigenvalue weighted by Gasteiger charge is 2.21. The van der Waals surface area contributed by atoms with E-state index in [9.17, 15) is 4.79 Å². The summed E-state index contributed by atoms with van der Waals surface area (Å²) >= 11 is 0. The Bertz CT molecular complexity index is 391. The highest BCUT2D eigenvalue weighted by molar-refractivity contribution is 5.92. The van der Waals surface area contributed by atoms with Crippen LogP contribution in [0.3, 0.4) is 0 Å². The number of nitrogens with zero attached hydrogens (tertiary/aromatic N) is 1.